The van der Waals surface area contributed by atoms with Crippen LogP contribution in [0.25, 0.3) is 0 Å². The van der Waals surface area contributed by atoms with Crippen LogP contribution in [0.5, 0.6) is 0 Å². The van der Waals surface area contributed by atoms with Crippen LogP contribution in [0, 0.1) is 20.2 Å². The van der Waals surface area contributed by atoms with Gasteiger partial charge >= 0.3 is 0 Å². The monoisotopic (exact) mass is 222 g/mol. The molecule has 4 heteroatoms. The number of nitrogens with zero attached hydrogens (tertiary/aromatic N) is 2. The normalized spacial score (nSPS) is 10.4. The number of hydrogen-bond acceptors (Lipinski definition) is 2. The summed E-state index contributed by atoms with van der Waals surface area (Å²) in [5.41, 5.74) is 2.14. The first-order valence-corrected chi connectivity index (χ1v) is 5.83. The summed E-state index contributed by atoms with van der Waals surface area (Å²) < 4.78 is 1.97. The molecule has 1 N–H and O–H groups in total. The molecule has 0 atom stereocenters. The minimum Gasteiger partial charge on any atom is -0.356 e. The fourth-order valence-corrected chi connectivity index (χ4v) is 1.45. The van der Waals surface area contributed by atoms with Crippen LogP contribution in [0.2, 0.25) is 0 Å². The number of imidazole rings is 1. The summed E-state index contributed by atoms with van der Waals surface area (Å²) in [6, 6.07) is 0. The molecule has 0 spiro atoms. The Kier molecular flexibility index (Phi) is 5.02. The molecule has 0 unspecified atom stereocenters. The highest BCUT2D eigenvalue weighted by Crippen LogP contribution is 2.05. The second-order valence-electron chi connectivity index (χ2n) is 3.99. The van der Waals surface area contributed by atoms with Crippen molar-refractivity contribution in [3.63, 3.8) is 0 Å². The van der Waals surface area contributed by atoms with Crippen molar-refractivity contribution < 1.29 is 4.79 Å². The molecule has 1 amide bonds. The number of carbonyl (C=O) groups excluding carboxylic acids is 1. The molecule has 0 fully saturated rings. The van der Waals surface area contributed by atoms with E-state index in [4.69, 9.17) is 0 Å². The minimum absolute atomic E-state index is 0.136. The Morgan fingerprint density at radius 3 is 2.81 bits per heavy atom. The smallest absolute Gasteiger partial charge is 0.220 e. The summed E-state index contributed by atoms with van der Waals surface area (Å²) in [6.45, 7) is 7.62. The molecule has 0 aliphatic heterocycles. The van der Waals surface area contributed by atoms with Gasteiger partial charge in [0, 0.05) is 25.2 Å². The van der Waals surface area contributed by atoms with Crippen LogP contribution in [0.3, 0.4) is 0 Å². The van der Waals surface area contributed by atoms with Crippen molar-refractivity contribution in [2.75, 3.05) is 6.54 Å². The van der Waals surface area contributed by atoms with Crippen molar-refractivity contribution >= 4 is 5.91 Å². The summed E-state index contributed by atoms with van der Waals surface area (Å²) in [4.78, 5) is 15.4. The van der Waals surface area contributed by atoms with Crippen LogP contribution < -0.4 is 5.32 Å². The second-order valence-corrected chi connectivity index (χ2v) is 3.99. The van der Waals surface area contributed by atoms with E-state index in [1.165, 1.54) is 0 Å². The van der Waals surface area contributed by atoms with Gasteiger partial charge in [0.15, 0.2) is 6.33 Å². The lowest BCUT2D eigenvalue weighted by Crippen LogP contribution is -2.23. The quantitative estimate of drug-likeness (QED) is 0.794. The zero-order chi connectivity index (χ0) is 12.0. The van der Waals surface area contributed by atoms with E-state index in [2.05, 4.69) is 16.6 Å². The van der Waals surface area contributed by atoms with Crippen molar-refractivity contribution in [1.29, 1.82) is 0 Å². The zero-order valence-electron chi connectivity index (χ0n) is 10.3. The van der Waals surface area contributed by atoms with E-state index >= 15 is 0 Å². The number of aromatic nitrogens is 2. The molecule has 4 nitrogen and oxygen atoms in total. The van der Waals surface area contributed by atoms with Gasteiger partial charge in [0.1, 0.15) is 0 Å². The fraction of sp³-hybridized carbons (Fsp3) is 0.667. The summed E-state index contributed by atoms with van der Waals surface area (Å²) in [5, 5.41) is 2.86. The number of carbonyl (C=O) groups is 1. The Morgan fingerprint density at radius 1 is 1.50 bits per heavy atom. The van der Waals surface area contributed by atoms with Gasteiger partial charge in [-0.3, -0.25) is 4.79 Å². The van der Waals surface area contributed by atoms with Crippen molar-refractivity contribution in [3.8, 4) is 0 Å². The number of rotatable bonds is 6. The molecule has 0 bridgehead atoms. The summed E-state index contributed by atoms with van der Waals surface area (Å²) >= 11 is 0. The van der Waals surface area contributed by atoms with Gasteiger partial charge in [0.2, 0.25) is 5.91 Å². The standard InChI is InChI=1S/C12H20N3O/c1-4-7-13-12(16)6-5-8-15-9-14-10(2)11(15)3/h4-8H2,1-3H3,(H,13,16). The third kappa shape index (κ3) is 3.68. The minimum atomic E-state index is 0.136. The first kappa shape index (κ1) is 12.7. The van der Waals surface area contributed by atoms with Gasteiger partial charge in [-0.05, 0) is 26.7 Å². The van der Waals surface area contributed by atoms with Crippen LogP contribution in [-0.4, -0.2) is 22.0 Å². The fourth-order valence-electron chi connectivity index (χ4n) is 1.45. The Labute approximate surface area is 97.1 Å². The maximum absolute atomic E-state index is 11.3. The molecule has 1 aromatic rings. The Hall–Kier alpha value is -1.32. The highest BCUT2D eigenvalue weighted by atomic mass is 16.1. The predicted octanol–water partition coefficient (Wildman–Crippen LogP) is 1.61. The van der Waals surface area contributed by atoms with Crippen LogP contribution in [0.1, 0.15) is 37.6 Å². The largest absolute Gasteiger partial charge is 0.356 e. The Bertz CT molecular complexity index is 344. The highest BCUT2D eigenvalue weighted by molar-refractivity contribution is 5.75. The van der Waals surface area contributed by atoms with Gasteiger partial charge in [-0.2, -0.15) is 0 Å². The third-order valence-corrected chi connectivity index (χ3v) is 2.62. The van der Waals surface area contributed by atoms with E-state index in [9.17, 15) is 4.79 Å². The molecule has 0 aromatic carbocycles. The van der Waals surface area contributed by atoms with Crippen molar-refractivity contribution in [2.24, 2.45) is 0 Å². The summed E-state index contributed by atoms with van der Waals surface area (Å²) in [5.74, 6) is 0.136. The summed E-state index contributed by atoms with van der Waals surface area (Å²) in [7, 11) is 0. The van der Waals surface area contributed by atoms with E-state index in [1.54, 1.807) is 0 Å². The van der Waals surface area contributed by atoms with Crippen molar-refractivity contribution in [3.05, 3.63) is 17.7 Å². The van der Waals surface area contributed by atoms with E-state index in [0.29, 0.717) is 6.42 Å². The number of aryl methyl sites for hydroxylation is 2. The Balaban J connectivity index is 2.25. The topological polar surface area (TPSA) is 46.9 Å². The predicted molar refractivity (Wildman–Crippen MR) is 63.1 cm³/mol. The maximum Gasteiger partial charge on any atom is 0.220 e. The molecule has 89 valence electrons. The lowest BCUT2D eigenvalue weighted by Gasteiger charge is -2.05. The number of hydrogen-bond donors (Lipinski definition) is 1. The molecule has 0 aliphatic rings. The van der Waals surface area contributed by atoms with Gasteiger partial charge in [-0.15, -0.1) is 0 Å². The van der Waals surface area contributed by atoms with E-state index in [0.717, 1.165) is 37.3 Å². The first-order valence-electron chi connectivity index (χ1n) is 5.83. The average Bonchev–Trinajstić information content (AvgIpc) is 2.58. The van der Waals surface area contributed by atoms with E-state index in [1.807, 2.05) is 25.3 Å². The Morgan fingerprint density at radius 2 is 2.25 bits per heavy atom. The molecular formula is C12H20N3O. The van der Waals surface area contributed by atoms with Crippen LogP contribution in [-0.2, 0) is 11.3 Å². The lowest BCUT2D eigenvalue weighted by atomic mass is 10.2. The van der Waals surface area contributed by atoms with E-state index in [-0.39, 0.29) is 5.91 Å². The SMILES string of the molecule is CCCNC(=O)CCCn1[c]nc(C)c1C. The van der Waals surface area contributed by atoms with E-state index < -0.39 is 0 Å². The highest BCUT2D eigenvalue weighted by Gasteiger charge is 2.04. The van der Waals surface area contributed by atoms with Gasteiger partial charge < -0.3 is 9.88 Å². The van der Waals surface area contributed by atoms with Gasteiger partial charge in [-0.25, -0.2) is 4.98 Å². The lowest BCUT2D eigenvalue weighted by molar-refractivity contribution is -0.121. The van der Waals surface area contributed by atoms with Crippen LogP contribution >= 0.6 is 0 Å². The first-order chi connectivity index (χ1) is 7.65. The van der Waals surface area contributed by atoms with Gasteiger partial charge in [-0.1, -0.05) is 6.92 Å². The van der Waals surface area contributed by atoms with Crippen LogP contribution in [0.15, 0.2) is 0 Å². The molecule has 0 aliphatic carbocycles. The second kappa shape index (κ2) is 6.30. The molecule has 1 aromatic heterocycles. The number of amides is 1. The molecule has 1 heterocycles. The summed E-state index contributed by atoms with van der Waals surface area (Å²) in [6.07, 6.45) is 5.32. The van der Waals surface area contributed by atoms with Crippen LogP contribution in [0.4, 0.5) is 0 Å². The molecule has 0 saturated carbocycles. The molecule has 1 radical (unpaired) electrons. The van der Waals surface area contributed by atoms with Gasteiger partial charge in [0.05, 0.1) is 5.69 Å². The molecule has 0 saturated heterocycles. The van der Waals surface area contributed by atoms with Crippen molar-refractivity contribution in [1.82, 2.24) is 14.9 Å². The molecular weight excluding hydrogens is 202 g/mol. The number of nitrogens with one attached hydrogen (secondary N) is 1. The van der Waals surface area contributed by atoms with Crippen molar-refractivity contribution in [2.45, 2.75) is 46.6 Å². The third-order valence-electron chi connectivity index (χ3n) is 2.62. The maximum atomic E-state index is 11.3. The zero-order valence-corrected chi connectivity index (χ0v) is 10.3. The van der Waals surface area contributed by atoms with Gasteiger partial charge in [0.25, 0.3) is 0 Å². The molecule has 16 heavy (non-hydrogen) atoms. The average molecular weight is 222 g/mol. The molecule has 1 rings (SSSR count).